The van der Waals surface area contributed by atoms with Crippen LogP contribution in [0.5, 0.6) is 0 Å². The zero-order valence-corrected chi connectivity index (χ0v) is 14.1. The first-order valence-electron chi connectivity index (χ1n) is 8.03. The molecule has 4 aromatic rings. The molecule has 0 atom stereocenters. The second-order valence-corrected chi connectivity index (χ2v) is 6.70. The lowest BCUT2D eigenvalue weighted by atomic mass is 9.93. The zero-order chi connectivity index (χ0) is 18.0. The van der Waals surface area contributed by atoms with Crippen molar-refractivity contribution in [2.24, 2.45) is 0 Å². The van der Waals surface area contributed by atoms with Gasteiger partial charge in [0, 0.05) is 38.1 Å². The third-order valence-electron chi connectivity index (χ3n) is 4.75. The standard InChI is InChI=1S/C20H12ClN3O2/c21-13-4-2-1-3-10(13)11-8-15-16(18-17(11)19(25)24-20(18)26)12-7-9(22)5-6-14(12)23-15/h1-8,23H,22H2,(H,24,25,26). The van der Waals surface area contributed by atoms with Crippen LogP contribution in [0, 0.1) is 0 Å². The van der Waals surface area contributed by atoms with Gasteiger partial charge in [-0.2, -0.15) is 0 Å². The van der Waals surface area contributed by atoms with Crippen LogP contribution in [0.4, 0.5) is 5.69 Å². The van der Waals surface area contributed by atoms with Gasteiger partial charge in [-0.05, 0) is 35.9 Å². The molecule has 4 N–H and O–H groups in total. The average molecular weight is 362 g/mol. The van der Waals surface area contributed by atoms with Crippen molar-refractivity contribution in [1.29, 1.82) is 0 Å². The van der Waals surface area contributed by atoms with E-state index in [1.807, 2.05) is 30.3 Å². The largest absolute Gasteiger partial charge is 0.399 e. The van der Waals surface area contributed by atoms with Crippen LogP contribution in [0.2, 0.25) is 5.02 Å². The fourth-order valence-electron chi connectivity index (χ4n) is 3.67. The van der Waals surface area contributed by atoms with Crippen LogP contribution in [-0.2, 0) is 0 Å². The smallest absolute Gasteiger partial charge is 0.259 e. The molecule has 5 rings (SSSR count). The van der Waals surface area contributed by atoms with Gasteiger partial charge in [0.1, 0.15) is 0 Å². The Hall–Kier alpha value is -3.31. The molecule has 1 aromatic heterocycles. The number of hydrogen-bond acceptors (Lipinski definition) is 3. The van der Waals surface area contributed by atoms with E-state index < -0.39 is 11.8 Å². The number of carbonyl (C=O) groups excluding carboxylic acids is 2. The van der Waals surface area contributed by atoms with Crippen LogP contribution in [0.3, 0.4) is 0 Å². The minimum absolute atomic E-state index is 0.346. The summed E-state index contributed by atoms with van der Waals surface area (Å²) in [6, 6.07) is 14.6. The number of nitrogens with two attached hydrogens (primary N) is 1. The van der Waals surface area contributed by atoms with Crippen LogP contribution >= 0.6 is 11.6 Å². The minimum Gasteiger partial charge on any atom is -0.399 e. The van der Waals surface area contributed by atoms with Gasteiger partial charge < -0.3 is 10.7 Å². The van der Waals surface area contributed by atoms with E-state index in [9.17, 15) is 9.59 Å². The van der Waals surface area contributed by atoms with E-state index in [4.69, 9.17) is 17.3 Å². The molecule has 0 saturated carbocycles. The molecule has 2 heterocycles. The Morgan fingerprint density at radius 2 is 1.62 bits per heavy atom. The highest BCUT2D eigenvalue weighted by Crippen LogP contribution is 2.40. The Balaban J connectivity index is 2.00. The number of nitrogens with one attached hydrogen (secondary N) is 2. The number of rotatable bonds is 1. The summed E-state index contributed by atoms with van der Waals surface area (Å²) in [5, 5.41) is 4.43. The predicted octanol–water partition coefficient (Wildman–Crippen LogP) is 4.11. The van der Waals surface area contributed by atoms with E-state index in [0.29, 0.717) is 38.4 Å². The summed E-state index contributed by atoms with van der Waals surface area (Å²) in [7, 11) is 0. The first kappa shape index (κ1) is 15.0. The maximum absolute atomic E-state index is 12.6. The number of aromatic nitrogens is 1. The van der Waals surface area contributed by atoms with Crippen LogP contribution in [0.15, 0.2) is 48.5 Å². The molecular formula is C20H12ClN3O2. The highest BCUT2D eigenvalue weighted by molar-refractivity contribution is 6.36. The molecule has 0 saturated heterocycles. The van der Waals surface area contributed by atoms with E-state index in [-0.39, 0.29) is 0 Å². The Kier molecular flexibility index (Phi) is 2.94. The molecular weight excluding hydrogens is 350 g/mol. The summed E-state index contributed by atoms with van der Waals surface area (Å²) in [5.74, 6) is -0.827. The second kappa shape index (κ2) is 5.09. The molecule has 2 amide bonds. The van der Waals surface area contributed by atoms with E-state index in [0.717, 1.165) is 16.4 Å². The molecule has 3 aromatic carbocycles. The molecule has 26 heavy (non-hydrogen) atoms. The summed E-state index contributed by atoms with van der Waals surface area (Å²) >= 11 is 6.35. The van der Waals surface area contributed by atoms with Gasteiger partial charge in [0.25, 0.3) is 11.8 Å². The normalized spacial score (nSPS) is 13.4. The number of nitrogen functional groups attached to an aromatic ring is 1. The number of carbonyl (C=O) groups is 2. The molecule has 0 fully saturated rings. The zero-order valence-electron chi connectivity index (χ0n) is 13.4. The maximum Gasteiger partial charge on any atom is 0.259 e. The predicted molar refractivity (Wildman–Crippen MR) is 102 cm³/mol. The van der Waals surface area contributed by atoms with Crippen molar-refractivity contribution in [2.45, 2.75) is 0 Å². The quantitative estimate of drug-likeness (QED) is 0.352. The number of amides is 2. The maximum atomic E-state index is 12.6. The number of aromatic amines is 1. The first-order chi connectivity index (χ1) is 12.5. The monoisotopic (exact) mass is 361 g/mol. The molecule has 0 bridgehead atoms. The third-order valence-corrected chi connectivity index (χ3v) is 5.08. The SMILES string of the molecule is Nc1ccc2[nH]c3cc(-c4ccccc4Cl)c4c(c3c2c1)C(=O)NC4=O. The van der Waals surface area contributed by atoms with Gasteiger partial charge in [-0.1, -0.05) is 29.8 Å². The van der Waals surface area contributed by atoms with Crippen molar-refractivity contribution in [3.63, 3.8) is 0 Å². The molecule has 0 spiro atoms. The van der Waals surface area contributed by atoms with Gasteiger partial charge in [-0.15, -0.1) is 0 Å². The lowest BCUT2D eigenvalue weighted by Crippen LogP contribution is -2.20. The molecule has 0 radical (unpaired) electrons. The molecule has 0 aliphatic carbocycles. The van der Waals surface area contributed by atoms with Crippen molar-refractivity contribution in [3.8, 4) is 11.1 Å². The molecule has 6 heteroatoms. The number of imide groups is 1. The molecule has 1 aliphatic rings. The molecule has 1 aliphatic heterocycles. The fourth-order valence-corrected chi connectivity index (χ4v) is 3.90. The molecule has 126 valence electrons. The number of H-pyrrole nitrogens is 1. The highest BCUT2D eigenvalue weighted by Gasteiger charge is 2.34. The van der Waals surface area contributed by atoms with Crippen LogP contribution in [0.1, 0.15) is 20.7 Å². The molecule has 5 nitrogen and oxygen atoms in total. The van der Waals surface area contributed by atoms with Crippen molar-refractivity contribution >= 4 is 50.9 Å². The van der Waals surface area contributed by atoms with Gasteiger partial charge in [0.05, 0.1) is 11.1 Å². The summed E-state index contributed by atoms with van der Waals surface area (Å²) in [4.78, 5) is 28.4. The average Bonchev–Trinajstić information content (AvgIpc) is 3.11. The van der Waals surface area contributed by atoms with E-state index in [1.54, 1.807) is 18.2 Å². The number of hydrogen-bond donors (Lipinski definition) is 3. The topological polar surface area (TPSA) is 88.0 Å². The van der Waals surface area contributed by atoms with Gasteiger partial charge in [0.15, 0.2) is 0 Å². The van der Waals surface area contributed by atoms with Gasteiger partial charge in [-0.25, -0.2) is 0 Å². The minimum atomic E-state index is -0.417. The van der Waals surface area contributed by atoms with Crippen LogP contribution < -0.4 is 11.1 Å². The Bertz CT molecular complexity index is 1270. The summed E-state index contributed by atoms with van der Waals surface area (Å²) < 4.78 is 0. The summed E-state index contributed by atoms with van der Waals surface area (Å²) in [5.41, 5.74) is 10.2. The third kappa shape index (κ3) is 1.92. The number of fused-ring (bicyclic) bond motifs is 5. The Morgan fingerprint density at radius 3 is 2.42 bits per heavy atom. The molecule has 0 unspecified atom stereocenters. The van der Waals surface area contributed by atoms with Crippen molar-refractivity contribution in [2.75, 3.05) is 5.73 Å². The van der Waals surface area contributed by atoms with E-state index >= 15 is 0 Å². The second-order valence-electron chi connectivity index (χ2n) is 6.29. The van der Waals surface area contributed by atoms with Gasteiger partial charge in [0.2, 0.25) is 0 Å². The van der Waals surface area contributed by atoms with Gasteiger partial charge >= 0.3 is 0 Å². The number of halogens is 1. The summed E-state index contributed by atoms with van der Waals surface area (Å²) in [6.45, 7) is 0. The van der Waals surface area contributed by atoms with Crippen molar-refractivity contribution in [3.05, 3.63) is 64.7 Å². The highest BCUT2D eigenvalue weighted by atomic mass is 35.5. The Labute approximate surface area is 152 Å². The lowest BCUT2D eigenvalue weighted by Gasteiger charge is -2.09. The van der Waals surface area contributed by atoms with Crippen molar-refractivity contribution < 1.29 is 9.59 Å². The lowest BCUT2D eigenvalue weighted by molar-refractivity contribution is 0.0880. The van der Waals surface area contributed by atoms with Gasteiger partial charge in [-0.3, -0.25) is 14.9 Å². The first-order valence-corrected chi connectivity index (χ1v) is 8.41. The van der Waals surface area contributed by atoms with Crippen LogP contribution in [0.25, 0.3) is 32.9 Å². The number of anilines is 1. The summed E-state index contributed by atoms with van der Waals surface area (Å²) in [6.07, 6.45) is 0. The Morgan fingerprint density at radius 1 is 0.846 bits per heavy atom. The van der Waals surface area contributed by atoms with Crippen LogP contribution in [-0.4, -0.2) is 16.8 Å². The van der Waals surface area contributed by atoms with Crippen molar-refractivity contribution in [1.82, 2.24) is 10.3 Å². The van der Waals surface area contributed by atoms with E-state index in [2.05, 4.69) is 10.3 Å². The fraction of sp³-hybridized carbons (Fsp3) is 0. The van der Waals surface area contributed by atoms with E-state index in [1.165, 1.54) is 0 Å². The number of benzene rings is 3.